The number of anilines is 3. The van der Waals surface area contributed by atoms with E-state index in [2.05, 4.69) is 42.3 Å². The second kappa shape index (κ2) is 4.23. The van der Waals surface area contributed by atoms with Crippen molar-refractivity contribution in [3.63, 3.8) is 0 Å². The van der Waals surface area contributed by atoms with Crippen molar-refractivity contribution in [3.05, 3.63) is 47.7 Å². The summed E-state index contributed by atoms with van der Waals surface area (Å²) < 4.78 is 0. The van der Waals surface area contributed by atoms with E-state index in [0.717, 1.165) is 5.69 Å². The summed E-state index contributed by atoms with van der Waals surface area (Å²) >= 11 is 0. The molecule has 3 N–H and O–H groups in total. The van der Waals surface area contributed by atoms with E-state index in [0.29, 0.717) is 11.5 Å². The molecule has 0 aliphatic rings. The Kier molecular flexibility index (Phi) is 2.77. The molecule has 0 saturated carbocycles. The van der Waals surface area contributed by atoms with Crippen LogP contribution in [0.5, 0.6) is 0 Å². The number of aryl methyl sites for hydroxylation is 2. The van der Waals surface area contributed by atoms with E-state index in [1.165, 1.54) is 11.1 Å². The van der Waals surface area contributed by atoms with Crippen molar-refractivity contribution in [2.24, 2.45) is 0 Å². The highest BCUT2D eigenvalue weighted by Crippen LogP contribution is 2.21. The maximum Gasteiger partial charge on any atom is 0.153 e. The second-order valence-corrected chi connectivity index (χ2v) is 3.94. The molecule has 3 heteroatoms. The van der Waals surface area contributed by atoms with Gasteiger partial charge in [-0.2, -0.15) is 0 Å². The molecule has 2 aromatic rings. The van der Waals surface area contributed by atoms with Crippen LogP contribution in [0.1, 0.15) is 11.1 Å². The molecule has 1 aromatic heterocycles. The van der Waals surface area contributed by atoms with Crippen molar-refractivity contribution >= 4 is 17.2 Å². The van der Waals surface area contributed by atoms with Gasteiger partial charge in [-0.15, -0.1) is 0 Å². The lowest BCUT2D eigenvalue weighted by molar-refractivity contribution is 1.30. The number of nitrogen functional groups attached to an aromatic ring is 1. The molecule has 3 nitrogen and oxygen atoms in total. The summed E-state index contributed by atoms with van der Waals surface area (Å²) in [5, 5.41) is 3.22. The molecule has 0 bridgehead atoms. The summed E-state index contributed by atoms with van der Waals surface area (Å²) in [4.78, 5) is 4.20. The molecular weight excluding hydrogens is 198 g/mol. The fourth-order valence-electron chi connectivity index (χ4n) is 1.71. The Balaban J connectivity index is 2.30. The smallest absolute Gasteiger partial charge is 0.153 e. The number of hydrogen-bond acceptors (Lipinski definition) is 3. The zero-order valence-electron chi connectivity index (χ0n) is 9.49. The molecule has 0 fully saturated rings. The van der Waals surface area contributed by atoms with Crippen molar-refractivity contribution in [1.29, 1.82) is 0 Å². The maximum atomic E-state index is 5.82. The summed E-state index contributed by atoms with van der Waals surface area (Å²) in [6.45, 7) is 4.14. The first-order valence-electron chi connectivity index (χ1n) is 5.21. The van der Waals surface area contributed by atoms with Crippen LogP contribution in [0.3, 0.4) is 0 Å². The Hall–Kier alpha value is -2.03. The van der Waals surface area contributed by atoms with Crippen molar-refractivity contribution in [3.8, 4) is 0 Å². The average molecular weight is 213 g/mol. The number of pyridine rings is 1. The minimum Gasteiger partial charge on any atom is -0.396 e. The third-order valence-electron chi connectivity index (χ3n) is 2.32. The Labute approximate surface area is 95.3 Å². The van der Waals surface area contributed by atoms with Gasteiger partial charge in [0.15, 0.2) is 5.82 Å². The van der Waals surface area contributed by atoms with E-state index in [1.807, 2.05) is 12.1 Å². The van der Waals surface area contributed by atoms with Gasteiger partial charge in [-0.1, -0.05) is 6.07 Å². The summed E-state index contributed by atoms with van der Waals surface area (Å²) in [6, 6.07) is 9.93. The molecule has 1 aromatic carbocycles. The number of nitrogens with two attached hydrogens (primary N) is 1. The minimum absolute atomic E-state index is 0.654. The number of benzene rings is 1. The van der Waals surface area contributed by atoms with Gasteiger partial charge in [0.05, 0.1) is 5.69 Å². The normalized spacial score (nSPS) is 10.1. The first-order chi connectivity index (χ1) is 7.65. The molecule has 0 saturated heterocycles. The van der Waals surface area contributed by atoms with E-state index >= 15 is 0 Å². The van der Waals surface area contributed by atoms with Gasteiger partial charge in [-0.05, 0) is 49.2 Å². The molecule has 0 amide bonds. The van der Waals surface area contributed by atoms with E-state index in [1.54, 1.807) is 6.20 Å². The van der Waals surface area contributed by atoms with Crippen molar-refractivity contribution < 1.29 is 0 Å². The minimum atomic E-state index is 0.654. The zero-order chi connectivity index (χ0) is 11.5. The Morgan fingerprint density at radius 2 is 1.81 bits per heavy atom. The van der Waals surface area contributed by atoms with Gasteiger partial charge in [0, 0.05) is 11.9 Å². The van der Waals surface area contributed by atoms with E-state index in [9.17, 15) is 0 Å². The van der Waals surface area contributed by atoms with E-state index in [4.69, 9.17) is 5.73 Å². The Morgan fingerprint density at radius 3 is 2.44 bits per heavy atom. The quantitative estimate of drug-likeness (QED) is 0.806. The monoisotopic (exact) mass is 213 g/mol. The number of hydrogen-bond donors (Lipinski definition) is 2. The molecule has 1 heterocycles. The SMILES string of the molecule is Cc1cc(C)cc(Nc2ncccc2N)c1. The maximum absolute atomic E-state index is 5.82. The van der Waals surface area contributed by atoms with Gasteiger partial charge in [0.25, 0.3) is 0 Å². The standard InChI is InChI=1S/C13H15N3/c1-9-6-10(2)8-11(7-9)16-13-12(14)4-3-5-15-13/h3-8H,14H2,1-2H3,(H,15,16). The Bertz CT molecular complexity index is 486. The number of rotatable bonds is 2. The fraction of sp³-hybridized carbons (Fsp3) is 0.154. The van der Waals surface area contributed by atoms with E-state index < -0.39 is 0 Å². The van der Waals surface area contributed by atoms with Crippen molar-refractivity contribution in [1.82, 2.24) is 4.98 Å². The van der Waals surface area contributed by atoms with Gasteiger partial charge < -0.3 is 11.1 Å². The van der Waals surface area contributed by atoms with Crippen LogP contribution in [0.4, 0.5) is 17.2 Å². The third-order valence-corrected chi connectivity index (χ3v) is 2.32. The van der Waals surface area contributed by atoms with Crippen LogP contribution in [0.15, 0.2) is 36.5 Å². The van der Waals surface area contributed by atoms with Gasteiger partial charge in [-0.3, -0.25) is 0 Å². The first-order valence-corrected chi connectivity index (χ1v) is 5.21. The van der Waals surface area contributed by atoms with Crippen LogP contribution in [-0.4, -0.2) is 4.98 Å². The molecule has 0 unspecified atom stereocenters. The summed E-state index contributed by atoms with van der Waals surface area (Å²) in [6.07, 6.45) is 1.72. The van der Waals surface area contributed by atoms with Crippen LogP contribution in [-0.2, 0) is 0 Å². The molecule has 0 spiro atoms. The van der Waals surface area contributed by atoms with Crippen LogP contribution >= 0.6 is 0 Å². The molecular formula is C13H15N3. The van der Waals surface area contributed by atoms with Crippen molar-refractivity contribution in [2.75, 3.05) is 11.1 Å². The largest absolute Gasteiger partial charge is 0.396 e. The highest BCUT2D eigenvalue weighted by atomic mass is 15.0. The van der Waals surface area contributed by atoms with Crippen molar-refractivity contribution in [2.45, 2.75) is 13.8 Å². The van der Waals surface area contributed by atoms with Gasteiger partial charge in [-0.25, -0.2) is 4.98 Å². The lowest BCUT2D eigenvalue weighted by atomic mass is 10.1. The van der Waals surface area contributed by atoms with E-state index in [-0.39, 0.29) is 0 Å². The molecule has 0 radical (unpaired) electrons. The lowest BCUT2D eigenvalue weighted by Gasteiger charge is -2.09. The first kappa shape index (κ1) is 10.5. The van der Waals surface area contributed by atoms with Crippen LogP contribution in [0.2, 0.25) is 0 Å². The second-order valence-electron chi connectivity index (χ2n) is 3.94. The topological polar surface area (TPSA) is 50.9 Å². The van der Waals surface area contributed by atoms with Crippen LogP contribution in [0.25, 0.3) is 0 Å². The lowest BCUT2D eigenvalue weighted by Crippen LogP contribution is -1.98. The van der Waals surface area contributed by atoms with Crippen LogP contribution in [0, 0.1) is 13.8 Å². The zero-order valence-corrected chi connectivity index (χ0v) is 9.49. The van der Waals surface area contributed by atoms with Gasteiger partial charge in [0.1, 0.15) is 0 Å². The fourth-order valence-corrected chi connectivity index (χ4v) is 1.71. The predicted octanol–water partition coefficient (Wildman–Crippen LogP) is 3.02. The average Bonchev–Trinajstić information content (AvgIpc) is 2.20. The highest BCUT2D eigenvalue weighted by Gasteiger charge is 2.00. The summed E-state index contributed by atoms with van der Waals surface area (Å²) in [5.41, 5.74) is 9.93. The number of nitrogens with one attached hydrogen (secondary N) is 1. The highest BCUT2D eigenvalue weighted by molar-refractivity contribution is 5.68. The summed E-state index contributed by atoms with van der Waals surface area (Å²) in [7, 11) is 0. The molecule has 82 valence electrons. The Morgan fingerprint density at radius 1 is 1.12 bits per heavy atom. The third kappa shape index (κ3) is 2.31. The molecule has 0 aliphatic heterocycles. The predicted molar refractivity (Wildman–Crippen MR) is 67.8 cm³/mol. The van der Waals surface area contributed by atoms with Gasteiger partial charge >= 0.3 is 0 Å². The number of aromatic nitrogens is 1. The molecule has 16 heavy (non-hydrogen) atoms. The molecule has 0 aliphatic carbocycles. The number of nitrogens with zero attached hydrogens (tertiary/aromatic N) is 1. The van der Waals surface area contributed by atoms with Crippen LogP contribution < -0.4 is 11.1 Å². The molecule has 2 rings (SSSR count). The van der Waals surface area contributed by atoms with Gasteiger partial charge in [0.2, 0.25) is 0 Å². The molecule has 0 atom stereocenters. The summed E-state index contributed by atoms with van der Waals surface area (Å²) in [5.74, 6) is 0.701.